The van der Waals surface area contributed by atoms with Gasteiger partial charge in [0.2, 0.25) is 0 Å². The summed E-state index contributed by atoms with van der Waals surface area (Å²) in [6.07, 6.45) is 12.6. The van der Waals surface area contributed by atoms with Crippen LogP contribution in [0.4, 0.5) is 0 Å². The fourth-order valence-electron chi connectivity index (χ4n) is 3.60. The summed E-state index contributed by atoms with van der Waals surface area (Å²) in [4.78, 5) is 0. The number of hydrogen-bond acceptors (Lipinski definition) is 0. The molecule has 1 atom stereocenters. The molecular weight excluding hydrogens is 438 g/mol. The third-order valence-corrected chi connectivity index (χ3v) is 22.5. The van der Waals surface area contributed by atoms with Crippen LogP contribution in [-0.2, 0) is 0 Å². The third-order valence-electron chi connectivity index (χ3n) is 4.95. The van der Waals surface area contributed by atoms with Crippen molar-refractivity contribution in [2.75, 3.05) is 0 Å². The van der Waals surface area contributed by atoms with E-state index in [2.05, 4.69) is 82.3 Å². The van der Waals surface area contributed by atoms with E-state index >= 15 is 0 Å². The third kappa shape index (κ3) is 4.53. The standard InChI is InChI=1S/C11H10BBr.2C4H9.Sn/c1-2-3-7-10-12(13)11-8-5-4-6-9-11;2*1-3-4-2;/h1-10H;2*1,3-4H2,2H3;. The first-order valence-corrected chi connectivity index (χ1v) is 17.0. The predicted octanol–water partition coefficient (Wildman–Crippen LogP) is 5.90. The topological polar surface area (TPSA) is 0 Å². The van der Waals surface area contributed by atoms with Gasteiger partial charge in [-0.05, 0) is 0 Å². The number of allylic oxidation sites excluding steroid dienone is 3. The van der Waals surface area contributed by atoms with Gasteiger partial charge in [-0.15, -0.1) is 0 Å². The molecular formula is C19H28BBrSn. The van der Waals surface area contributed by atoms with E-state index in [-0.39, 0.29) is 0 Å². The molecule has 0 aliphatic carbocycles. The molecule has 0 nitrogen and oxygen atoms in total. The van der Waals surface area contributed by atoms with Gasteiger partial charge in [0.1, 0.15) is 0 Å². The Hall–Kier alpha value is 0.0436. The van der Waals surface area contributed by atoms with Gasteiger partial charge in [0.25, 0.3) is 0 Å². The van der Waals surface area contributed by atoms with Crippen molar-refractivity contribution in [3.8, 4) is 0 Å². The molecule has 1 unspecified atom stereocenters. The van der Waals surface area contributed by atoms with Gasteiger partial charge >= 0.3 is 150 Å². The number of unbranched alkanes of at least 4 members (excludes halogenated alkanes) is 2. The van der Waals surface area contributed by atoms with E-state index in [4.69, 9.17) is 0 Å². The van der Waals surface area contributed by atoms with Gasteiger partial charge in [0, 0.05) is 0 Å². The molecule has 0 fully saturated rings. The number of rotatable bonds is 8. The van der Waals surface area contributed by atoms with Crippen molar-refractivity contribution in [2.45, 2.75) is 52.2 Å². The van der Waals surface area contributed by atoms with Crippen LogP contribution in [0.2, 0.25) is 12.7 Å². The van der Waals surface area contributed by atoms with Crippen molar-refractivity contribution in [3.63, 3.8) is 0 Å². The fourth-order valence-corrected chi connectivity index (χ4v) is 22.6. The van der Waals surface area contributed by atoms with Crippen molar-refractivity contribution >= 4 is 45.1 Å². The van der Waals surface area contributed by atoms with Crippen molar-refractivity contribution in [2.24, 2.45) is 0 Å². The average molecular weight is 466 g/mol. The van der Waals surface area contributed by atoms with Crippen LogP contribution in [0.1, 0.15) is 39.5 Å². The first-order valence-electron chi connectivity index (χ1n) is 8.78. The molecule has 0 N–H and O–H groups in total. The molecule has 0 amide bonds. The summed E-state index contributed by atoms with van der Waals surface area (Å²) in [7, 11) is 0. The molecule has 0 saturated carbocycles. The summed E-state index contributed by atoms with van der Waals surface area (Å²) in [6.45, 7) is 4.67. The summed E-state index contributed by atoms with van der Waals surface area (Å²) in [5.41, 5.74) is 1.93. The number of hydrogen-bond donors (Lipinski definition) is 0. The van der Waals surface area contributed by atoms with Crippen LogP contribution in [0.25, 0.3) is 0 Å². The second kappa shape index (κ2) is 9.37. The molecule has 0 bridgehead atoms. The van der Waals surface area contributed by atoms with Gasteiger partial charge in [-0.25, -0.2) is 0 Å². The molecule has 1 aliphatic heterocycles. The van der Waals surface area contributed by atoms with Crippen molar-refractivity contribution in [1.29, 1.82) is 0 Å². The molecule has 22 heavy (non-hydrogen) atoms. The fraction of sp³-hybridized carbons (Fsp3) is 0.474. The number of benzene rings is 1. The maximum absolute atomic E-state index is 4.07. The van der Waals surface area contributed by atoms with Gasteiger partial charge in [-0.3, -0.25) is 0 Å². The van der Waals surface area contributed by atoms with Crippen LogP contribution < -0.4 is 5.46 Å². The zero-order valence-electron chi connectivity index (χ0n) is 14.0. The van der Waals surface area contributed by atoms with Crippen LogP contribution in [0.3, 0.4) is 0 Å². The molecule has 0 saturated heterocycles. The summed E-state index contributed by atoms with van der Waals surface area (Å²) >= 11 is 1.78. The van der Waals surface area contributed by atoms with Gasteiger partial charge in [0.05, 0.1) is 0 Å². The Balaban J connectivity index is 2.27. The molecule has 0 aromatic heterocycles. The molecule has 1 heterocycles. The van der Waals surface area contributed by atoms with E-state index < -0.39 is 18.4 Å². The molecule has 0 spiro atoms. The quantitative estimate of drug-likeness (QED) is 0.419. The van der Waals surface area contributed by atoms with Crippen molar-refractivity contribution in [1.82, 2.24) is 0 Å². The molecule has 118 valence electrons. The first kappa shape index (κ1) is 18.4. The van der Waals surface area contributed by atoms with Gasteiger partial charge in [-0.1, -0.05) is 0 Å². The van der Waals surface area contributed by atoms with E-state index in [9.17, 15) is 0 Å². The van der Waals surface area contributed by atoms with Crippen molar-refractivity contribution < 1.29 is 0 Å². The Morgan fingerprint density at radius 2 is 1.64 bits per heavy atom. The SMILES string of the molecule is CCC[CH2][Sn]1([CH2]CCC)[CH]=CC=C[CH]1B(Br)c1ccccc1. The Kier molecular flexibility index (Phi) is 7.83. The molecule has 3 heteroatoms. The summed E-state index contributed by atoms with van der Waals surface area (Å²) in [5.74, 6) is 0. The molecule has 0 radical (unpaired) electrons. The Morgan fingerprint density at radius 1 is 1.00 bits per heavy atom. The van der Waals surface area contributed by atoms with E-state index in [0.717, 1.165) is 3.83 Å². The van der Waals surface area contributed by atoms with Crippen molar-refractivity contribution in [3.05, 3.63) is 52.7 Å². The van der Waals surface area contributed by atoms with Crippen LogP contribution in [0.15, 0.2) is 52.7 Å². The summed E-state index contributed by atoms with van der Waals surface area (Å²) in [6, 6.07) is 11.0. The molecule has 1 aliphatic rings. The minimum atomic E-state index is -2.30. The second-order valence-corrected chi connectivity index (χ2v) is 20.3. The predicted molar refractivity (Wildman–Crippen MR) is 108 cm³/mol. The average Bonchev–Trinajstić information content (AvgIpc) is 2.59. The van der Waals surface area contributed by atoms with E-state index in [1.807, 2.05) is 0 Å². The molecule has 1 aromatic carbocycles. The van der Waals surface area contributed by atoms with Gasteiger partial charge in [0.15, 0.2) is 0 Å². The minimum absolute atomic E-state index is 0.486. The molecule has 1 aromatic rings. The zero-order valence-corrected chi connectivity index (χ0v) is 18.4. The zero-order chi connectivity index (χ0) is 15.8. The van der Waals surface area contributed by atoms with Crippen LogP contribution in [-0.4, -0.2) is 23.9 Å². The molecule has 2 rings (SSSR count). The van der Waals surface area contributed by atoms with Crippen LogP contribution in [0, 0.1) is 0 Å². The van der Waals surface area contributed by atoms with E-state index in [1.165, 1.54) is 40.0 Å². The van der Waals surface area contributed by atoms with Crippen LogP contribution in [0.5, 0.6) is 0 Å². The van der Waals surface area contributed by atoms with Crippen LogP contribution >= 0.6 is 15.8 Å². The first-order chi connectivity index (χ1) is 10.7. The Labute approximate surface area is 149 Å². The summed E-state index contributed by atoms with van der Waals surface area (Å²) in [5, 5.41) is 0. The van der Waals surface area contributed by atoms with E-state index in [0.29, 0.717) is 5.54 Å². The number of halogens is 1. The second-order valence-electron chi connectivity index (χ2n) is 6.52. The Bertz CT molecular complexity index is 489. The van der Waals surface area contributed by atoms with Gasteiger partial charge < -0.3 is 0 Å². The monoisotopic (exact) mass is 466 g/mol. The van der Waals surface area contributed by atoms with Gasteiger partial charge in [-0.2, -0.15) is 0 Å². The normalized spacial score (nSPS) is 19.3. The van der Waals surface area contributed by atoms with E-state index in [1.54, 1.807) is 0 Å². The maximum atomic E-state index is 4.07. The summed E-state index contributed by atoms with van der Waals surface area (Å²) < 4.78 is 6.47. The Morgan fingerprint density at radius 3 is 2.23 bits per heavy atom.